The molecule has 1 aromatic rings. The first kappa shape index (κ1) is 12.1. The lowest BCUT2D eigenvalue weighted by atomic mass is 10.1. The van der Waals surface area contributed by atoms with E-state index in [9.17, 15) is 4.79 Å². The molecular formula is C12H19N3O2. The molecule has 1 amide bonds. The highest BCUT2D eigenvalue weighted by atomic mass is 16.5. The number of amides is 1. The fourth-order valence-corrected chi connectivity index (χ4v) is 2.09. The van der Waals surface area contributed by atoms with Crippen LogP contribution in [0.25, 0.3) is 0 Å². The number of nitrogens with one attached hydrogen (secondary N) is 1. The van der Waals surface area contributed by atoms with Crippen molar-refractivity contribution in [2.45, 2.75) is 18.9 Å². The van der Waals surface area contributed by atoms with Gasteiger partial charge in [0.25, 0.3) is 0 Å². The maximum absolute atomic E-state index is 12.1. The minimum Gasteiger partial charge on any atom is -0.377 e. The average Bonchev–Trinajstić information content (AvgIpc) is 2.89. The summed E-state index contributed by atoms with van der Waals surface area (Å²) >= 11 is 0. The van der Waals surface area contributed by atoms with Crippen LogP contribution in [-0.4, -0.2) is 48.1 Å². The molecule has 1 fully saturated rings. The molecule has 94 valence electrons. The second-order valence-corrected chi connectivity index (χ2v) is 4.25. The second-order valence-electron chi connectivity index (χ2n) is 4.25. The van der Waals surface area contributed by atoms with Crippen LogP contribution in [0.5, 0.6) is 0 Å². The van der Waals surface area contributed by atoms with Crippen molar-refractivity contribution in [3.8, 4) is 0 Å². The summed E-state index contributed by atoms with van der Waals surface area (Å²) in [5, 5.41) is 0. The van der Waals surface area contributed by atoms with Crippen molar-refractivity contribution in [2.24, 2.45) is 5.73 Å². The Balaban J connectivity index is 1.85. The van der Waals surface area contributed by atoms with E-state index in [1.54, 1.807) is 0 Å². The largest absolute Gasteiger partial charge is 0.377 e. The molecule has 3 N–H and O–H groups in total. The molecule has 1 saturated heterocycles. The number of hydrogen-bond donors (Lipinski definition) is 2. The molecule has 0 aliphatic carbocycles. The van der Waals surface area contributed by atoms with Gasteiger partial charge in [-0.1, -0.05) is 0 Å². The zero-order chi connectivity index (χ0) is 12.1. The SMILES string of the molecule is NCC1COCCN1C(=O)CCc1ccc[nH]1. The van der Waals surface area contributed by atoms with E-state index in [1.807, 2.05) is 23.2 Å². The summed E-state index contributed by atoms with van der Waals surface area (Å²) in [4.78, 5) is 17.0. The molecule has 0 bridgehead atoms. The topological polar surface area (TPSA) is 71.3 Å². The van der Waals surface area contributed by atoms with Gasteiger partial charge in [-0.25, -0.2) is 0 Å². The zero-order valence-corrected chi connectivity index (χ0v) is 9.89. The highest BCUT2D eigenvalue weighted by Gasteiger charge is 2.25. The summed E-state index contributed by atoms with van der Waals surface area (Å²) < 4.78 is 5.32. The third-order valence-corrected chi connectivity index (χ3v) is 3.09. The van der Waals surface area contributed by atoms with Crippen LogP contribution >= 0.6 is 0 Å². The van der Waals surface area contributed by atoms with E-state index in [0.29, 0.717) is 32.7 Å². The summed E-state index contributed by atoms with van der Waals surface area (Å²) in [5.41, 5.74) is 6.74. The Morgan fingerprint density at radius 2 is 2.53 bits per heavy atom. The minimum absolute atomic E-state index is 0.0416. The molecule has 1 atom stereocenters. The van der Waals surface area contributed by atoms with Crippen molar-refractivity contribution in [1.29, 1.82) is 0 Å². The standard InChI is InChI=1S/C12H19N3O2/c13-8-11-9-17-7-6-15(11)12(16)4-3-10-2-1-5-14-10/h1-2,5,11,14H,3-4,6-9,13H2. The first-order valence-corrected chi connectivity index (χ1v) is 6.01. The molecule has 2 rings (SSSR count). The third kappa shape index (κ3) is 3.08. The van der Waals surface area contributed by atoms with Crippen LogP contribution in [0.15, 0.2) is 18.3 Å². The Hall–Kier alpha value is -1.33. The number of carbonyl (C=O) groups is 1. The Morgan fingerprint density at radius 1 is 1.65 bits per heavy atom. The van der Waals surface area contributed by atoms with Crippen molar-refractivity contribution < 1.29 is 9.53 Å². The summed E-state index contributed by atoms with van der Waals surface area (Å²) in [5.74, 6) is 0.165. The van der Waals surface area contributed by atoms with Crippen LogP contribution in [0.4, 0.5) is 0 Å². The monoisotopic (exact) mass is 237 g/mol. The fourth-order valence-electron chi connectivity index (χ4n) is 2.09. The number of nitrogens with zero attached hydrogens (tertiary/aromatic N) is 1. The minimum atomic E-state index is 0.0416. The number of nitrogens with two attached hydrogens (primary N) is 1. The maximum Gasteiger partial charge on any atom is 0.223 e. The van der Waals surface area contributed by atoms with E-state index in [0.717, 1.165) is 12.1 Å². The average molecular weight is 237 g/mol. The summed E-state index contributed by atoms with van der Waals surface area (Å²) in [7, 11) is 0. The highest BCUT2D eigenvalue weighted by molar-refractivity contribution is 5.76. The molecule has 1 aliphatic heterocycles. The van der Waals surface area contributed by atoms with Gasteiger partial charge in [0, 0.05) is 31.4 Å². The molecule has 5 heteroatoms. The van der Waals surface area contributed by atoms with E-state index in [1.165, 1.54) is 0 Å². The maximum atomic E-state index is 12.1. The van der Waals surface area contributed by atoms with E-state index >= 15 is 0 Å². The van der Waals surface area contributed by atoms with Crippen LogP contribution < -0.4 is 5.73 Å². The van der Waals surface area contributed by atoms with Gasteiger partial charge in [-0.3, -0.25) is 4.79 Å². The van der Waals surface area contributed by atoms with Crippen LogP contribution in [-0.2, 0) is 16.0 Å². The third-order valence-electron chi connectivity index (χ3n) is 3.09. The van der Waals surface area contributed by atoms with Crippen molar-refractivity contribution in [3.05, 3.63) is 24.0 Å². The van der Waals surface area contributed by atoms with Gasteiger partial charge in [0.1, 0.15) is 0 Å². The van der Waals surface area contributed by atoms with Gasteiger partial charge in [0.15, 0.2) is 0 Å². The number of aromatic amines is 1. The van der Waals surface area contributed by atoms with E-state index < -0.39 is 0 Å². The predicted octanol–water partition coefficient (Wildman–Crippen LogP) is 0.133. The lowest BCUT2D eigenvalue weighted by Gasteiger charge is -2.35. The molecule has 0 radical (unpaired) electrons. The smallest absolute Gasteiger partial charge is 0.223 e. The normalized spacial score (nSPS) is 20.5. The molecule has 0 spiro atoms. The Morgan fingerprint density at radius 3 is 3.24 bits per heavy atom. The van der Waals surface area contributed by atoms with E-state index in [2.05, 4.69) is 4.98 Å². The molecule has 2 heterocycles. The molecule has 1 aliphatic rings. The lowest BCUT2D eigenvalue weighted by molar-refractivity contribution is -0.139. The van der Waals surface area contributed by atoms with Gasteiger partial charge >= 0.3 is 0 Å². The number of carbonyl (C=O) groups excluding carboxylic acids is 1. The van der Waals surface area contributed by atoms with Gasteiger partial charge < -0.3 is 20.4 Å². The van der Waals surface area contributed by atoms with E-state index in [4.69, 9.17) is 10.5 Å². The highest BCUT2D eigenvalue weighted by Crippen LogP contribution is 2.09. The molecule has 1 aromatic heterocycles. The molecule has 1 unspecified atom stereocenters. The van der Waals surface area contributed by atoms with Crippen molar-refractivity contribution >= 4 is 5.91 Å². The number of morpholine rings is 1. The molecule has 17 heavy (non-hydrogen) atoms. The van der Waals surface area contributed by atoms with Gasteiger partial charge in [-0.2, -0.15) is 0 Å². The van der Waals surface area contributed by atoms with Gasteiger partial charge in [-0.15, -0.1) is 0 Å². The van der Waals surface area contributed by atoms with Crippen LogP contribution in [0, 0.1) is 0 Å². The zero-order valence-electron chi connectivity index (χ0n) is 9.89. The molecule has 5 nitrogen and oxygen atoms in total. The number of hydrogen-bond acceptors (Lipinski definition) is 3. The van der Waals surface area contributed by atoms with Crippen LogP contribution in [0.2, 0.25) is 0 Å². The Kier molecular flexibility index (Phi) is 4.17. The molecule has 0 aromatic carbocycles. The summed E-state index contributed by atoms with van der Waals surface area (Å²) in [6.07, 6.45) is 3.15. The van der Waals surface area contributed by atoms with Crippen molar-refractivity contribution in [3.63, 3.8) is 0 Å². The van der Waals surface area contributed by atoms with Crippen LogP contribution in [0.3, 0.4) is 0 Å². The van der Waals surface area contributed by atoms with Crippen molar-refractivity contribution in [1.82, 2.24) is 9.88 Å². The van der Waals surface area contributed by atoms with Gasteiger partial charge in [0.05, 0.1) is 19.3 Å². The summed E-state index contributed by atoms with van der Waals surface area (Å²) in [6.45, 7) is 2.30. The summed E-state index contributed by atoms with van der Waals surface area (Å²) in [6, 6.07) is 3.98. The Bertz CT molecular complexity index is 351. The van der Waals surface area contributed by atoms with E-state index in [-0.39, 0.29) is 11.9 Å². The van der Waals surface area contributed by atoms with Crippen molar-refractivity contribution in [2.75, 3.05) is 26.3 Å². The Labute approximate surface area is 101 Å². The molecule has 0 saturated carbocycles. The number of aromatic nitrogens is 1. The first-order valence-electron chi connectivity index (χ1n) is 6.01. The van der Waals surface area contributed by atoms with Gasteiger partial charge in [0.2, 0.25) is 5.91 Å². The fraction of sp³-hybridized carbons (Fsp3) is 0.583. The second kappa shape index (κ2) is 5.84. The number of aryl methyl sites for hydroxylation is 1. The quantitative estimate of drug-likeness (QED) is 0.782. The number of rotatable bonds is 4. The first-order chi connectivity index (χ1) is 8.31. The molecular weight excluding hydrogens is 218 g/mol. The van der Waals surface area contributed by atoms with Gasteiger partial charge in [-0.05, 0) is 18.6 Å². The predicted molar refractivity (Wildman–Crippen MR) is 64.5 cm³/mol. The lowest BCUT2D eigenvalue weighted by Crippen LogP contribution is -2.52. The number of ether oxygens (including phenoxy) is 1. The number of H-pyrrole nitrogens is 1. The van der Waals surface area contributed by atoms with Crippen LogP contribution in [0.1, 0.15) is 12.1 Å².